The summed E-state index contributed by atoms with van der Waals surface area (Å²) in [4.78, 5) is 155. The lowest BCUT2D eigenvalue weighted by atomic mass is 9.94. The van der Waals surface area contributed by atoms with Crippen LogP contribution in [0.5, 0.6) is 0 Å². The van der Waals surface area contributed by atoms with Crippen molar-refractivity contribution in [1.29, 1.82) is 0 Å². The highest BCUT2D eigenvalue weighted by Crippen LogP contribution is 2.63. The second-order valence-electron chi connectivity index (χ2n) is 27.8. The monoisotopic (exact) mass is 1730 g/mol. The summed E-state index contributed by atoms with van der Waals surface area (Å²) in [7, 11) is -4.27. The lowest BCUT2D eigenvalue weighted by molar-refractivity contribution is -0.217. The molecule has 4 bridgehead atoms. The van der Waals surface area contributed by atoms with E-state index in [9.17, 15) is 48.7 Å². The predicted octanol–water partition coefficient (Wildman–Crippen LogP) is -1.10. The van der Waals surface area contributed by atoms with Crippen molar-refractivity contribution >= 4 is 120 Å². The van der Waals surface area contributed by atoms with Crippen molar-refractivity contribution in [3.63, 3.8) is 0 Å². The highest BCUT2D eigenvalue weighted by atomic mass is 32.5. The summed E-state index contributed by atoms with van der Waals surface area (Å²) in [6, 6.07) is 0. The zero-order valence-corrected chi connectivity index (χ0v) is 66.9. The van der Waals surface area contributed by atoms with Gasteiger partial charge in [0.2, 0.25) is 11.9 Å². The average Bonchev–Trinajstić information content (AvgIpc) is 1.55. The number of rotatable bonds is 30. The fourth-order valence-electron chi connectivity index (χ4n) is 14.9. The molecule has 7 aliphatic rings. The SMILES string of the molecule is CC[C@H]1O[C@@H](n2cc(C)c(N)nc2=O)C[C@H]1OP(O)(=S)OC[C@H]1O[C@@H](n2cc(C)c(N)nc2=O)C[C@H]1OP(O)(=S)OC[C@]12O[C@@H](n3cnc4c(=O)[nH]c(N)nc43)C(O[C@H]1C)[C@H]2OP(=O)(O)OC[C@]12O[C@@H](n3cnc4c(=O)[nH]c(N)nc43)C(O[C@H]1C)[C@H]2OP(O)(=S)OC[C@H]1O[C@@H](n2cnc3c(=O)[nH]c(C)nc32)C(OCCOC)[C@H]1O. The van der Waals surface area contributed by atoms with Gasteiger partial charge in [-0.05, 0) is 76.5 Å². The number of aliphatic hydroxyl groups excluding tert-OH is 1. The lowest BCUT2D eigenvalue weighted by Crippen LogP contribution is -2.51. The predicted molar refractivity (Wildman–Crippen MR) is 399 cm³/mol. The number of aromatic amines is 3. The first-order valence-electron chi connectivity index (χ1n) is 35.0. The maximum absolute atomic E-state index is 15.2. The zero-order chi connectivity index (χ0) is 81.4. The van der Waals surface area contributed by atoms with E-state index in [-0.39, 0.29) is 88.9 Å². The Balaban J connectivity index is 0.695. The summed E-state index contributed by atoms with van der Waals surface area (Å²) >= 11 is 16.9. The Hall–Kier alpha value is -6.69. The van der Waals surface area contributed by atoms with E-state index in [0.717, 1.165) is 10.9 Å². The number of aromatic nitrogens is 16. The number of nitrogen functional groups attached to an aromatic ring is 4. The second-order valence-corrected chi connectivity index (χ2v) is 37.6. The number of nitrogens with two attached hydrogens (primary N) is 4. The number of aliphatic hydroxyl groups is 1. The lowest BCUT2D eigenvalue weighted by Gasteiger charge is -2.38. The number of aryl methyl sites for hydroxylation is 3. The molecule has 0 saturated carbocycles. The fourth-order valence-corrected chi connectivity index (χ4v) is 20.3. The maximum Gasteiger partial charge on any atom is 0.472 e. The molecule has 7 aliphatic heterocycles. The van der Waals surface area contributed by atoms with Crippen LogP contribution in [0.4, 0.5) is 23.5 Å². The van der Waals surface area contributed by atoms with E-state index in [1.54, 1.807) is 27.7 Å². The first kappa shape index (κ1) is 82.4. The molecule has 7 fully saturated rings. The van der Waals surface area contributed by atoms with Gasteiger partial charge in [0.05, 0.1) is 89.1 Å². The Morgan fingerprint density at radius 1 is 0.561 bits per heavy atom. The van der Waals surface area contributed by atoms with Crippen LogP contribution in [-0.4, -0.2) is 240 Å². The molecule has 0 aliphatic carbocycles. The van der Waals surface area contributed by atoms with Crippen molar-refractivity contribution in [2.24, 2.45) is 0 Å². The first-order chi connectivity index (χ1) is 53.9. The Morgan fingerprint density at radius 3 is 1.53 bits per heavy atom. The number of nitrogens with zero attached hydrogens (tertiary/aromatic N) is 13. The number of phosphoric ester groups is 1. The molecule has 55 heteroatoms. The topological polar surface area (TPSA) is 640 Å². The second kappa shape index (κ2) is 31.2. The van der Waals surface area contributed by atoms with Gasteiger partial charge in [-0.2, -0.15) is 19.9 Å². The number of methoxy groups -OCH3 is 1. The third kappa shape index (κ3) is 15.6. The first-order valence-corrected chi connectivity index (χ1v) is 44.3. The third-order valence-electron chi connectivity index (χ3n) is 20.6. The van der Waals surface area contributed by atoms with Gasteiger partial charge in [-0.3, -0.25) is 60.8 Å². The van der Waals surface area contributed by atoms with Crippen molar-refractivity contribution in [2.45, 2.75) is 182 Å². The molecule has 114 heavy (non-hydrogen) atoms. The molecule has 8 aromatic rings. The zero-order valence-electron chi connectivity index (χ0n) is 60.9. The summed E-state index contributed by atoms with van der Waals surface area (Å²) in [6.07, 6.45) is -17.2. The largest absolute Gasteiger partial charge is 0.472 e. The molecule has 0 aromatic carbocycles. The van der Waals surface area contributed by atoms with E-state index in [0.29, 0.717) is 17.5 Å². The van der Waals surface area contributed by atoms with E-state index >= 15 is 4.57 Å². The molecule has 0 radical (unpaired) electrons. The Labute approximate surface area is 655 Å². The molecule has 16 N–H and O–H groups in total. The van der Waals surface area contributed by atoms with E-state index < -0.39 is 204 Å². The maximum atomic E-state index is 15.2. The van der Waals surface area contributed by atoms with Crippen LogP contribution in [0.25, 0.3) is 33.5 Å². The summed E-state index contributed by atoms with van der Waals surface area (Å²) < 4.78 is 127. The number of nitrogens with one attached hydrogen (secondary N) is 3. The smallest absolute Gasteiger partial charge is 0.387 e. The average molecular weight is 1740 g/mol. The third-order valence-corrected chi connectivity index (χ3v) is 26.2. The van der Waals surface area contributed by atoms with Gasteiger partial charge in [0.15, 0.2) is 52.2 Å². The van der Waals surface area contributed by atoms with E-state index in [1.165, 1.54) is 64.3 Å². The van der Waals surface area contributed by atoms with Crippen LogP contribution in [0.2, 0.25) is 0 Å². The molecule has 48 nitrogen and oxygen atoms in total. The summed E-state index contributed by atoms with van der Waals surface area (Å²) in [5.41, 5.74) is 16.2. The molecule has 0 amide bonds. The molecule has 8 aromatic heterocycles. The van der Waals surface area contributed by atoms with Gasteiger partial charge < -0.3 is 118 Å². The molecule has 15 rings (SSSR count). The number of ether oxygens (including phenoxy) is 9. The van der Waals surface area contributed by atoms with E-state index in [4.69, 9.17) is 137 Å². The van der Waals surface area contributed by atoms with E-state index in [2.05, 4.69) is 54.8 Å². The van der Waals surface area contributed by atoms with Crippen LogP contribution in [0.1, 0.15) is 88.1 Å². The van der Waals surface area contributed by atoms with Crippen molar-refractivity contribution < 1.29 is 108 Å². The fraction of sp³-hybridized carbons (Fsp3) is 0.610. The van der Waals surface area contributed by atoms with Crippen LogP contribution in [0.15, 0.2) is 55.3 Å². The van der Waals surface area contributed by atoms with Crippen molar-refractivity contribution in [2.75, 3.05) is 69.7 Å². The Morgan fingerprint density at radius 2 is 1.01 bits per heavy atom. The number of phosphoric acid groups is 1. The summed E-state index contributed by atoms with van der Waals surface area (Å²) in [6.45, 7) is -7.53. The minimum Gasteiger partial charge on any atom is -0.387 e. The highest BCUT2D eigenvalue weighted by Gasteiger charge is 2.71. The Bertz CT molecular complexity index is 5580. The van der Waals surface area contributed by atoms with Crippen LogP contribution < -0.4 is 51.0 Å². The molecule has 620 valence electrons. The molecule has 0 spiro atoms. The highest BCUT2D eigenvalue weighted by molar-refractivity contribution is 8.07. The van der Waals surface area contributed by atoms with E-state index in [1.807, 2.05) is 0 Å². The number of hydrogen-bond acceptors (Lipinski definition) is 39. The molecule has 7 unspecified atom stereocenters. The van der Waals surface area contributed by atoms with Crippen LogP contribution >= 0.6 is 28.0 Å². The quantitative estimate of drug-likeness (QED) is 0.0188. The van der Waals surface area contributed by atoms with Crippen LogP contribution in [-0.2, 0) is 119 Å². The number of fused-ring (bicyclic) bond motifs is 7. The number of imidazole rings is 3. The van der Waals surface area contributed by atoms with Crippen molar-refractivity contribution in [3.05, 3.63) is 100 Å². The van der Waals surface area contributed by atoms with Gasteiger partial charge in [0, 0.05) is 43.5 Å². The van der Waals surface area contributed by atoms with Crippen LogP contribution in [0, 0.1) is 20.8 Å². The summed E-state index contributed by atoms with van der Waals surface area (Å²) in [5.74, 6) is -0.478. The van der Waals surface area contributed by atoms with Gasteiger partial charge in [-0.15, -0.1) is 0 Å². The minimum absolute atomic E-state index is 0.0144. The van der Waals surface area contributed by atoms with Gasteiger partial charge in [-0.1, -0.05) is 6.92 Å². The minimum atomic E-state index is -5.71. The van der Waals surface area contributed by atoms with Gasteiger partial charge in [0.1, 0.15) is 89.9 Å². The van der Waals surface area contributed by atoms with Crippen molar-refractivity contribution in [1.82, 2.24) is 77.7 Å². The Kier molecular flexibility index (Phi) is 22.6. The van der Waals surface area contributed by atoms with Crippen molar-refractivity contribution in [3.8, 4) is 0 Å². The molecule has 15 heterocycles. The molecular weight excluding hydrogens is 1660 g/mol. The van der Waals surface area contributed by atoms with Crippen LogP contribution in [0.3, 0.4) is 0 Å². The number of hydrogen-bond donors (Lipinski definition) is 12. The van der Waals surface area contributed by atoms with Gasteiger partial charge >= 0.3 is 39.4 Å². The normalized spacial score (nSPS) is 32.8. The number of anilines is 4. The standard InChI is InChI=1S/C59H78N20O28P4S3/c1-8-27-28(11-32(99-27)75-13-22(2)43(60)69-56(75)84)104-109(88,112)93-15-30-29(12-33(100-30)76-14-23(3)44(61)70-57(76)85)105-111(90,114)96-18-59-25(5)97-39(52(103-59)78-20-65-35-46(78)71-54(62)73-49(35)82)41(59)106-108(86,87)95-17-58-24(4)98-40(53(102-58)79-21-66-36-47(79)72-55(63)74-50(36)83)42(58)107-110(89,113)94-16-31-37(80)38(92-10-9-91-7)51(101-31)77-19-64-34-45(77)67-26(6)68-48(34)81/h13-14,19-21,24-25,27-33,37-42,51-53,80H,8-12,15-18H2,1-7H3,(H,86,87)(H,88,112)(H,89,113)(H,90,114)(H2,60,69,84)(H2,61,70,85)(H,67,68,81)(H3,62,71,73,82)(H3,63,72,74,83)/t24-,25-,27+,28+,29+,30+,31+,32+,33+,37-,38?,39?,40?,41+,42+,51+,52+,53+,58-,59-,109?,110?,111?/m0/s1. The number of H-pyrrole nitrogens is 3. The molecular formula is C59H78N20O28P4S3. The van der Waals surface area contributed by atoms with Gasteiger partial charge in [-0.25, -0.2) is 34.1 Å². The molecule has 7 saturated heterocycles. The molecule has 24 atom stereocenters. The summed E-state index contributed by atoms with van der Waals surface area (Å²) in [5, 5.41) is 11.8. The van der Waals surface area contributed by atoms with Gasteiger partial charge in [0.25, 0.3) is 16.7 Å².